The summed E-state index contributed by atoms with van der Waals surface area (Å²) in [6.07, 6.45) is 8.26. The maximum absolute atomic E-state index is 5.76. The zero-order valence-corrected chi connectivity index (χ0v) is 36.5. The van der Waals surface area contributed by atoms with Gasteiger partial charge in [0.2, 0.25) is 0 Å². The van der Waals surface area contributed by atoms with E-state index in [1.807, 2.05) is 18.2 Å². The number of fused-ring (bicyclic) bond motifs is 9. The third kappa shape index (κ3) is 6.54. The van der Waals surface area contributed by atoms with E-state index in [1.54, 1.807) is 0 Å². The summed E-state index contributed by atoms with van der Waals surface area (Å²) >= 11 is 0. The molecule has 0 radical (unpaired) electrons. The molecule has 0 spiro atoms. The van der Waals surface area contributed by atoms with E-state index in [4.69, 9.17) is 20.1 Å². The first-order valence-corrected chi connectivity index (χ1v) is 23.0. The van der Waals surface area contributed by atoms with E-state index in [0.29, 0.717) is 11.6 Å². The number of benzene rings is 9. The lowest BCUT2D eigenvalue weighted by atomic mass is 9.90. The van der Waals surface area contributed by atoms with Gasteiger partial charge >= 0.3 is 0 Å². The summed E-state index contributed by atoms with van der Waals surface area (Å²) in [5.41, 5.74) is 12.6. The van der Waals surface area contributed by atoms with Crippen molar-refractivity contribution in [2.24, 2.45) is 0 Å². The van der Waals surface area contributed by atoms with Crippen molar-refractivity contribution in [1.82, 2.24) is 24.6 Å². The number of hydrogen-bond acceptors (Lipinski definition) is 4. The quantitative estimate of drug-likeness (QED) is 0.150. The van der Waals surface area contributed by atoms with Crippen LogP contribution in [0, 0.1) is 0 Å². The van der Waals surface area contributed by atoms with Gasteiger partial charge in [-0.05, 0) is 73.3 Å². The lowest BCUT2D eigenvalue weighted by Gasteiger charge is -2.18. The largest absolute Gasteiger partial charge is 0.231 e. The van der Waals surface area contributed by atoms with Crippen molar-refractivity contribution < 1.29 is 0 Å². The normalized spacial score (nSPS) is 12.7. The van der Waals surface area contributed by atoms with Gasteiger partial charge in [0, 0.05) is 38.8 Å². The van der Waals surface area contributed by atoms with Crippen LogP contribution >= 0.6 is 0 Å². The molecule has 1 aliphatic rings. The molecule has 0 fully saturated rings. The van der Waals surface area contributed by atoms with Crippen molar-refractivity contribution in [1.29, 1.82) is 0 Å². The minimum Gasteiger partial charge on any atom is -0.231 e. The van der Waals surface area contributed by atoms with Gasteiger partial charge in [0.05, 0.1) is 11.2 Å². The molecule has 0 amide bonds. The summed E-state index contributed by atoms with van der Waals surface area (Å²) in [6, 6.07) is 73.6. The first-order valence-electron chi connectivity index (χ1n) is 23.0. The Hall–Kier alpha value is -8.80. The highest BCUT2D eigenvalue weighted by Crippen LogP contribution is 2.47. The van der Waals surface area contributed by atoms with Crippen LogP contribution in [0.2, 0.25) is 0 Å². The van der Waals surface area contributed by atoms with Gasteiger partial charge in [0.15, 0.2) is 17.5 Å². The lowest BCUT2D eigenvalue weighted by Crippen LogP contribution is -2.04. The van der Waals surface area contributed by atoms with Crippen LogP contribution in [0.1, 0.15) is 18.7 Å². The second-order valence-electron chi connectivity index (χ2n) is 17.2. The Morgan fingerprint density at radius 3 is 1.43 bits per heavy atom. The van der Waals surface area contributed by atoms with Crippen LogP contribution in [0.5, 0.6) is 0 Å². The molecule has 0 aliphatic heterocycles. The molecule has 0 N–H and O–H groups in total. The zero-order valence-electron chi connectivity index (χ0n) is 36.5. The topological polar surface area (TPSA) is 56.0 Å². The molecular formula is C62H41N5. The van der Waals surface area contributed by atoms with Crippen molar-refractivity contribution in [2.45, 2.75) is 12.8 Å². The summed E-state index contributed by atoms with van der Waals surface area (Å²) < 4.78 is 2.22. The van der Waals surface area contributed by atoms with Crippen LogP contribution in [0.3, 0.4) is 0 Å². The molecule has 12 aromatic rings. The van der Waals surface area contributed by atoms with E-state index in [2.05, 4.69) is 211 Å². The van der Waals surface area contributed by atoms with Gasteiger partial charge in [-0.15, -0.1) is 0 Å². The van der Waals surface area contributed by atoms with Crippen LogP contribution in [0.15, 0.2) is 224 Å². The van der Waals surface area contributed by atoms with Crippen molar-refractivity contribution in [3.05, 3.63) is 230 Å². The molecule has 0 saturated carbocycles. The van der Waals surface area contributed by atoms with Gasteiger partial charge in [0.25, 0.3) is 0 Å². The summed E-state index contributed by atoms with van der Waals surface area (Å²) in [5.74, 6) is 2.03. The number of aromatic nitrogens is 5. The maximum atomic E-state index is 5.76. The Balaban J connectivity index is 1.06. The fourth-order valence-corrected chi connectivity index (χ4v) is 10.2. The molecule has 0 atom stereocenters. The minimum atomic E-state index is 0.648. The molecule has 5 nitrogen and oxygen atoms in total. The Kier molecular flexibility index (Phi) is 9.24. The van der Waals surface area contributed by atoms with Gasteiger partial charge in [0.1, 0.15) is 5.69 Å². The fraction of sp³-hybridized carbons (Fsp3) is 0.0323. The number of nitrogens with zero attached hydrogens (tertiary/aromatic N) is 5. The van der Waals surface area contributed by atoms with Crippen LogP contribution in [0.4, 0.5) is 0 Å². The Bertz CT molecular complexity index is 3910. The molecule has 0 bridgehead atoms. The zero-order chi connectivity index (χ0) is 44.3. The standard InChI is InChI=1S/C62H41N5/c1-5-19-40(20-6-1)56-57(46-37-38-51-49-29-14-13-27-47(49)48-28-15-16-30-50(48)54(51)39-46)66-67-58(42-21-7-2-8-22-42)55(52-31-17-18-32-53(52)59(56)67)41-33-35-45(36-34-41)62-64-60(43-23-9-3-10-24-43)63-61(65-62)44-25-11-4-12-26-44/h1-11,13-25,27-39H,12,26H2. The molecule has 3 heterocycles. The summed E-state index contributed by atoms with van der Waals surface area (Å²) in [7, 11) is 0. The molecule has 5 heteroatoms. The SMILES string of the molecule is C1=CCCC(c2nc(-c3ccccc3)nc(-c3ccc(-c4c(-c5ccccc5)n5nc(-c6ccc7c8ccccc8c8ccccc8c7c6)c(-c6ccccc6)c5c5ccccc45)cc3)n2)=C1. The smallest absolute Gasteiger partial charge is 0.164 e. The number of rotatable bonds is 7. The predicted octanol–water partition coefficient (Wildman–Crippen LogP) is 15.9. The fourth-order valence-electron chi connectivity index (χ4n) is 10.2. The van der Waals surface area contributed by atoms with E-state index in [-0.39, 0.29) is 0 Å². The summed E-state index contributed by atoms with van der Waals surface area (Å²) in [4.78, 5) is 15.1. The van der Waals surface area contributed by atoms with Crippen molar-refractivity contribution in [2.75, 3.05) is 0 Å². The number of hydrogen-bond donors (Lipinski definition) is 0. The molecule has 1 aliphatic carbocycles. The maximum Gasteiger partial charge on any atom is 0.164 e. The first-order chi connectivity index (χ1) is 33.2. The second-order valence-corrected chi connectivity index (χ2v) is 17.2. The molecule has 67 heavy (non-hydrogen) atoms. The van der Waals surface area contributed by atoms with Gasteiger partial charge in [-0.3, -0.25) is 0 Å². The van der Waals surface area contributed by atoms with Crippen LogP contribution in [-0.2, 0) is 0 Å². The van der Waals surface area contributed by atoms with E-state index in [0.717, 1.165) is 96.4 Å². The molecule has 13 rings (SSSR count). The molecule has 3 aromatic heterocycles. The summed E-state index contributed by atoms with van der Waals surface area (Å²) in [5, 5.41) is 15.5. The number of allylic oxidation sites excluding steroid dienone is 4. The van der Waals surface area contributed by atoms with E-state index < -0.39 is 0 Å². The van der Waals surface area contributed by atoms with Crippen LogP contribution in [0.25, 0.3) is 122 Å². The van der Waals surface area contributed by atoms with E-state index in [9.17, 15) is 0 Å². The predicted molar refractivity (Wildman–Crippen MR) is 278 cm³/mol. The second kappa shape index (κ2) is 16.0. The molecule has 314 valence electrons. The number of pyridine rings is 1. The van der Waals surface area contributed by atoms with Crippen molar-refractivity contribution in [3.63, 3.8) is 0 Å². The Morgan fingerprint density at radius 1 is 0.358 bits per heavy atom. The monoisotopic (exact) mass is 855 g/mol. The average Bonchev–Trinajstić information content (AvgIpc) is 3.82. The first kappa shape index (κ1) is 38.6. The van der Waals surface area contributed by atoms with E-state index >= 15 is 0 Å². The minimum absolute atomic E-state index is 0.648. The average molecular weight is 856 g/mol. The van der Waals surface area contributed by atoms with Gasteiger partial charge in [-0.1, -0.05) is 218 Å². The Labute approximate surface area is 387 Å². The highest BCUT2D eigenvalue weighted by Gasteiger charge is 2.26. The van der Waals surface area contributed by atoms with Gasteiger partial charge in [-0.2, -0.15) is 5.10 Å². The molecule has 0 saturated heterocycles. The highest BCUT2D eigenvalue weighted by molar-refractivity contribution is 6.26. The van der Waals surface area contributed by atoms with Crippen LogP contribution < -0.4 is 0 Å². The summed E-state index contributed by atoms with van der Waals surface area (Å²) in [6.45, 7) is 0. The lowest BCUT2D eigenvalue weighted by molar-refractivity contribution is 0.977. The van der Waals surface area contributed by atoms with Crippen molar-refractivity contribution >= 4 is 54.2 Å². The third-order valence-electron chi connectivity index (χ3n) is 13.3. The van der Waals surface area contributed by atoms with Gasteiger partial charge in [-0.25, -0.2) is 19.5 Å². The molecule has 9 aromatic carbocycles. The third-order valence-corrected chi connectivity index (χ3v) is 13.3. The van der Waals surface area contributed by atoms with E-state index in [1.165, 1.54) is 32.3 Å². The molecular weight excluding hydrogens is 815 g/mol. The van der Waals surface area contributed by atoms with Gasteiger partial charge < -0.3 is 0 Å². The molecule has 0 unspecified atom stereocenters. The Morgan fingerprint density at radius 2 is 0.821 bits per heavy atom. The van der Waals surface area contributed by atoms with Crippen molar-refractivity contribution in [3.8, 4) is 67.5 Å². The highest BCUT2D eigenvalue weighted by atomic mass is 15.2. The van der Waals surface area contributed by atoms with Crippen LogP contribution in [-0.4, -0.2) is 24.6 Å².